The molecule has 2 saturated heterocycles. The van der Waals surface area contributed by atoms with Gasteiger partial charge in [0.25, 0.3) is 0 Å². The molecule has 0 aliphatic carbocycles. The fourth-order valence-corrected chi connectivity index (χ4v) is 5.69. The first-order chi connectivity index (χ1) is 14.3. The molecule has 0 radical (unpaired) electrons. The molecule has 2 aliphatic heterocycles. The van der Waals surface area contributed by atoms with Crippen molar-refractivity contribution in [1.29, 1.82) is 0 Å². The van der Waals surface area contributed by atoms with Crippen LogP contribution in [0.4, 0.5) is 0 Å². The van der Waals surface area contributed by atoms with Crippen molar-refractivity contribution >= 4 is 15.9 Å². The van der Waals surface area contributed by atoms with Crippen LogP contribution in [0.2, 0.25) is 0 Å². The first-order valence-corrected chi connectivity index (χ1v) is 12.5. The second kappa shape index (κ2) is 10.2. The Morgan fingerprint density at radius 2 is 1.80 bits per heavy atom. The number of nitrogens with one attached hydrogen (secondary N) is 1. The van der Waals surface area contributed by atoms with E-state index in [4.69, 9.17) is 0 Å². The minimum atomic E-state index is -3.47. The Morgan fingerprint density at radius 1 is 1.13 bits per heavy atom. The lowest BCUT2D eigenvalue weighted by Gasteiger charge is -2.36. The minimum Gasteiger partial charge on any atom is -0.353 e. The number of sulfonamides is 1. The van der Waals surface area contributed by atoms with Crippen LogP contribution in [0.15, 0.2) is 29.2 Å². The van der Waals surface area contributed by atoms with Crippen LogP contribution >= 0.6 is 0 Å². The predicted octanol–water partition coefficient (Wildman–Crippen LogP) is 1.54. The summed E-state index contributed by atoms with van der Waals surface area (Å²) in [5, 5.41) is 3.06. The normalized spacial score (nSPS) is 23.2. The molecule has 0 bridgehead atoms. The standard InChI is InChI=1S/C22H36N4O3S/c1-18-6-8-21(9-7-18)30(28,29)26-13-11-24(12-14-26)17-22(27)23-15-20(3)25-10-4-5-19(2)16-25/h6-9,19-20H,4-5,10-17H2,1-3H3,(H,23,27). The van der Waals surface area contributed by atoms with Crippen LogP contribution in [-0.4, -0.2) is 86.8 Å². The molecule has 2 atom stereocenters. The van der Waals surface area contributed by atoms with Crippen molar-refractivity contribution in [2.24, 2.45) is 5.92 Å². The number of carbonyl (C=O) groups is 1. The van der Waals surface area contributed by atoms with E-state index in [-0.39, 0.29) is 5.91 Å². The van der Waals surface area contributed by atoms with Gasteiger partial charge in [0.2, 0.25) is 15.9 Å². The van der Waals surface area contributed by atoms with Gasteiger partial charge in [-0.2, -0.15) is 4.31 Å². The summed E-state index contributed by atoms with van der Waals surface area (Å²) >= 11 is 0. The Kier molecular flexibility index (Phi) is 7.90. The Morgan fingerprint density at radius 3 is 2.43 bits per heavy atom. The van der Waals surface area contributed by atoms with Crippen molar-refractivity contribution in [2.45, 2.75) is 44.6 Å². The monoisotopic (exact) mass is 436 g/mol. The summed E-state index contributed by atoms with van der Waals surface area (Å²) in [4.78, 5) is 17.2. The van der Waals surface area contributed by atoms with Crippen molar-refractivity contribution in [2.75, 3.05) is 52.4 Å². The van der Waals surface area contributed by atoms with E-state index in [1.165, 1.54) is 17.1 Å². The van der Waals surface area contributed by atoms with Crippen LogP contribution in [0, 0.1) is 12.8 Å². The molecule has 2 fully saturated rings. The van der Waals surface area contributed by atoms with Gasteiger partial charge in [-0.1, -0.05) is 24.6 Å². The molecule has 1 N–H and O–H groups in total. The Hall–Kier alpha value is -1.48. The van der Waals surface area contributed by atoms with Crippen molar-refractivity contribution in [3.05, 3.63) is 29.8 Å². The predicted molar refractivity (Wildman–Crippen MR) is 119 cm³/mol. The van der Waals surface area contributed by atoms with Gasteiger partial charge in [0.1, 0.15) is 0 Å². The molecule has 8 heteroatoms. The molecule has 2 unspecified atom stereocenters. The molecule has 2 aliphatic rings. The number of nitrogens with zero attached hydrogens (tertiary/aromatic N) is 3. The van der Waals surface area contributed by atoms with Crippen LogP contribution in [0.3, 0.4) is 0 Å². The average Bonchev–Trinajstić information content (AvgIpc) is 2.73. The fourth-order valence-electron chi connectivity index (χ4n) is 4.26. The van der Waals surface area contributed by atoms with Crippen LogP contribution < -0.4 is 5.32 Å². The summed E-state index contributed by atoms with van der Waals surface area (Å²) in [6, 6.07) is 7.30. The molecule has 1 amide bonds. The fraction of sp³-hybridized carbons (Fsp3) is 0.682. The molecular weight excluding hydrogens is 400 g/mol. The van der Waals surface area contributed by atoms with E-state index in [1.807, 2.05) is 24.0 Å². The van der Waals surface area contributed by atoms with E-state index in [0.717, 1.165) is 24.6 Å². The van der Waals surface area contributed by atoms with Crippen molar-refractivity contribution in [3.63, 3.8) is 0 Å². The van der Waals surface area contributed by atoms with E-state index < -0.39 is 10.0 Å². The number of likely N-dealkylation sites (tertiary alicyclic amines) is 1. The van der Waals surface area contributed by atoms with Gasteiger partial charge >= 0.3 is 0 Å². The molecule has 2 heterocycles. The van der Waals surface area contributed by atoms with Gasteiger partial charge in [-0.05, 0) is 51.3 Å². The number of piperidine rings is 1. The van der Waals surface area contributed by atoms with Gasteiger partial charge in [0.05, 0.1) is 11.4 Å². The van der Waals surface area contributed by atoms with E-state index in [9.17, 15) is 13.2 Å². The molecule has 30 heavy (non-hydrogen) atoms. The van der Waals surface area contributed by atoms with Crippen LogP contribution in [0.1, 0.15) is 32.3 Å². The maximum atomic E-state index is 12.8. The smallest absolute Gasteiger partial charge is 0.243 e. The highest BCUT2D eigenvalue weighted by atomic mass is 32.2. The van der Waals surface area contributed by atoms with Gasteiger partial charge in [0, 0.05) is 45.3 Å². The number of aryl methyl sites for hydroxylation is 1. The largest absolute Gasteiger partial charge is 0.353 e. The number of carbonyl (C=O) groups excluding carboxylic acids is 1. The third-order valence-corrected chi connectivity index (χ3v) is 8.18. The lowest BCUT2D eigenvalue weighted by atomic mass is 9.99. The zero-order valence-electron chi connectivity index (χ0n) is 18.5. The van der Waals surface area contributed by atoms with Crippen molar-refractivity contribution in [1.82, 2.24) is 19.4 Å². The number of hydrogen-bond donors (Lipinski definition) is 1. The summed E-state index contributed by atoms with van der Waals surface area (Å²) in [7, 11) is -3.47. The summed E-state index contributed by atoms with van der Waals surface area (Å²) in [6.45, 7) is 11.5. The Balaban J connectivity index is 1.42. The van der Waals surface area contributed by atoms with Gasteiger partial charge in [-0.3, -0.25) is 14.6 Å². The van der Waals surface area contributed by atoms with Crippen LogP contribution in [0.25, 0.3) is 0 Å². The maximum absolute atomic E-state index is 12.8. The molecule has 0 spiro atoms. The molecule has 1 aromatic carbocycles. The first kappa shape index (κ1) is 23.2. The number of benzene rings is 1. The number of hydrogen-bond acceptors (Lipinski definition) is 5. The lowest BCUT2D eigenvalue weighted by Crippen LogP contribution is -2.52. The van der Waals surface area contributed by atoms with Crippen LogP contribution in [0.5, 0.6) is 0 Å². The lowest BCUT2D eigenvalue weighted by molar-refractivity contribution is -0.122. The zero-order chi connectivity index (χ0) is 21.7. The highest BCUT2D eigenvalue weighted by Crippen LogP contribution is 2.19. The first-order valence-electron chi connectivity index (χ1n) is 11.1. The molecule has 1 aromatic rings. The van der Waals surface area contributed by atoms with Gasteiger partial charge in [-0.25, -0.2) is 8.42 Å². The summed E-state index contributed by atoms with van der Waals surface area (Å²) in [6.07, 6.45) is 2.52. The molecule has 0 aromatic heterocycles. The Labute approximate surface area is 181 Å². The van der Waals surface area contributed by atoms with Crippen molar-refractivity contribution < 1.29 is 13.2 Å². The quantitative estimate of drug-likeness (QED) is 0.702. The van der Waals surface area contributed by atoms with Gasteiger partial charge in [-0.15, -0.1) is 0 Å². The summed E-state index contributed by atoms with van der Waals surface area (Å²) < 4.78 is 27.1. The second-order valence-corrected chi connectivity index (χ2v) is 10.8. The summed E-state index contributed by atoms with van der Waals surface area (Å²) in [5.74, 6) is 0.742. The average molecular weight is 437 g/mol. The third-order valence-electron chi connectivity index (χ3n) is 6.26. The van der Waals surface area contributed by atoms with Gasteiger partial charge in [0.15, 0.2) is 0 Å². The molecule has 0 saturated carbocycles. The third kappa shape index (κ3) is 6.03. The van der Waals surface area contributed by atoms with E-state index >= 15 is 0 Å². The van der Waals surface area contributed by atoms with E-state index in [1.54, 1.807) is 12.1 Å². The van der Waals surface area contributed by atoms with E-state index in [2.05, 4.69) is 24.1 Å². The zero-order valence-corrected chi connectivity index (χ0v) is 19.3. The van der Waals surface area contributed by atoms with Gasteiger partial charge < -0.3 is 5.32 Å². The molecule has 3 rings (SSSR count). The SMILES string of the molecule is Cc1ccc(S(=O)(=O)N2CCN(CC(=O)NCC(C)N3CCCC(C)C3)CC2)cc1. The highest BCUT2D eigenvalue weighted by Gasteiger charge is 2.29. The minimum absolute atomic E-state index is 0.0155. The van der Waals surface area contributed by atoms with Crippen LogP contribution in [-0.2, 0) is 14.8 Å². The molecule has 7 nitrogen and oxygen atoms in total. The number of rotatable bonds is 7. The molecular formula is C22H36N4O3S. The number of amides is 1. The maximum Gasteiger partial charge on any atom is 0.243 e. The summed E-state index contributed by atoms with van der Waals surface area (Å²) in [5.41, 5.74) is 1.04. The Bertz CT molecular complexity index is 804. The number of piperazine rings is 1. The molecule has 168 valence electrons. The second-order valence-electron chi connectivity index (χ2n) is 8.89. The van der Waals surface area contributed by atoms with E-state index in [0.29, 0.717) is 50.2 Å². The highest BCUT2D eigenvalue weighted by molar-refractivity contribution is 7.89. The van der Waals surface area contributed by atoms with Crippen molar-refractivity contribution in [3.8, 4) is 0 Å². The topological polar surface area (TPSA) is 73.0 Å².